The molecule has 3 heterocycles. The van der Waals surface area contributed by atoms with Crippen molar-refractivity contribution in [2.24, 2.45) is 0 Å². The fourth-order valence-corrected chi connectivity index (χ4v) is 3.32. The summed E-state index contributed by atoms with van der Waals surface area (Å²) in [5, 5.41) is 7.24. The molecule has 118 valence electrons. The lowest BCUT2D eigenvalue weighted by molar-refractivity contribution is 0.170. The number of H-pyrrole nitrogens is 1. The van der Waals surface area contributed by atoms with Crippen molar-refractivity contribution in [1.82, 2.24) is 25.1 Å². The van der Waals surface area contributed by atoms with E-state index in [0.29, 0.717) is 12.0 Å². The van der Waals surface area contributed by atoms with Crippen molar-refractivity contribution in [3.8, 4) is 11.3 Å². The first-order chi connectivity index (χ1) is 10.6. The van der Waals surface area contributed by atoms with Crippen molar-refractivity contribution in [1.29, 1.82) is 0 Å². The van der Waals surface area contributed by atoms with Crippen LogP contribution in [-0.2, 0) is 0 Å². The van der Waals surface area contributed by atoms with E-state index in [-0.39, 0.29) is 0 Å². The molecule has 0 radical (unpaired) electrons. The smallest absolute Gasteiger partial charge is 0.0922 e. The van der Waals surface area contributed by atoms with Crippen molar-refractivity contribution in [3.63, 3.8) is 0 Å². The van der Waals surface area contributed by atoms with E-state index in [2.05, 4.69) is 38.9 Å². The molecule has 0 amide bonds. The number of rotatable bonds is 3. The first-order valence-electron chi connectivity index (χ1n) is 8.14. The Hall–Kier alpha value is -1.75. The van der Waals surface area contributed by atoms with E-state index in [0.717, 1.165) is 41.4 Å². The van der Waals surface area contributed by atoms with Gasteiger partial charge in [0.2, 0.25) is 0 Å². The Morgan fingerprint density at radius 3 is 2.36 bits per heavy atom. The molecular weight excluding hydrogens is 274 g/mol. The molecule has 0 bridgehead atoms. The van der Waals surface area contributed by atoms with Crippen LogP contribution in [0.5, 0.6) is 0 Å². The maximum absolute atomic E-state index is 4.69. The lowest BCUT2D eigenvalue weighted by Crippen LogP contribution is -2.38. The minimum absolute atomic E-state index is 0.545. The van der Waals surface area contributed by atoms with Gasteiger partial charge in [-0.05, 0) is 53.6 Å². The Balaban J connectivity index is 1.73. The minimum Gasteiger partial charge on any atom is -0.301 e. The van der Waals surface area contributed by atoms with Gasteiger partial charge in [0.25, 0.3) is 0 Å². The third kappa shape index (κ3) is 2.90. The van der Waals surface area contributed by atoms with Gasteiger partial charge < -0.3 is 4.90 Å². The largest absolute Gasteiger partial charge is 0.301 e. The van der Waals surface area contributed by atoms with E-state index < -0.39 is 0 Å². The lowest BCUT2D eigenvalue weighted by atomic mass is 9.93. The number of likely N-dealkylation sites (tertiary alicyclic amines) is 1. The Kier molecular flexibility index (Phi) is 4.25. The maximum atomic E-state index is 4.69. The molecule has 2 aromatic heterocycles. The van der Waals surface area contributed by atoms with Gasteiger partial charge in [-0.1, -0.05) is 0 Å². The zero-order chi connectivity index (χ0) is 15.7. The molecule has 0 aromatic carbocycles. The number of nitrogens with one attached hydrogen (secondary N) is 1. The first-order valence-corrected chi connectivity index (χ1v) is 8.14. The number of piperidine rings is 1. The molecule has 2 aromatic rings. The summed E-state index contributed by atoms with van der Waals surface area (Å²) in [6.07, 6.45) is 6.21. The van der Waals surface area contributed by atoms with Crippen LogP contribution in [0.1, 0.15) is 49.7 Å². The zero-order valence-electron chi connectivity index (χ0n) is 13.9. The summed E-state index contributed by atoms with van der Waals surface area (Å²) in [6, 6.07) is 0.640. The van der Waals surface area contributed by atoms with Gasteiger partial charge in [0.1, 0.15) is 0 Å². The van der Waals surface area contributed by atoms with Crippen molar-refractivity contribution in [2.75, 3.05) is 13.1 Å². The highest BCUT2D eigenvalue weighted by atomic mass is 15.1. The predicted molar refractivity (Wildman–Crippen MR) is 87.8 cm³/mol. The molecule has 0 unspecified atom stereocenters. The second-order valence-corrected chi connectivity index (χ2v) is 6.54. The summed E-state index contributed by atoms with van der Waals surface area (Å²) in [5.41, 5.74) is 5.14. The van der Waals surface area contributed by atoms with Crippen molar-refractivity contribution in [3.05, 3.63) is 29.5 Å². The van der Waals surface area contributed by atoms with Crippen LogP contribution in [0.25, 0.3) is 11.3 Å². The average Bonchev–Trinajstić information content (AvgIpc) is 2.86. The Morgan fingerprint density at radius 1 is 1.14 bits per heavy atom. The summed E-state index contributed by atoms with van der Waals surface area (Å²) >= 11 is 0. The lowest BCUT2D eigenvalue weighted by Gasteiger charge is -2.34. The summed E-state index contributed by atoms with van der Waals surface area (Å²) in [7, 11) is 0. The van der Waals surface area contributed by atoms with E-state index in [4.69, 9.17) is 0 Å². The normalized spacial score (nSPS) is 17.3. The Bertz CT molecular complexity index is 601. The molecule has 1 aliphatic heterocycles. The Labute approximate surface area is 132 Å². The highest BCUT2D eigenvalue weighted by Gasteiger charge is 2.23. The van der Waals surface area contributed by atoms with Crippen LogP contribution in [0.4, 0.5) is 0 Å². The highest BCUT2D eigenvalue weighted by Crippen LogP contribution is 2.28. The molecule has 5 nitrogen and oxygen atoms in total. The molecule has 0 spiro atoms. The number of hydrogen-bond donors (Lipinski definition) is 1. The zero-order valence-corrected chi connectivity index (χ0v) is 13.9. The van der Waals surface area contributed by atoms with Gasteiger partial charge in [-0.2, -0.15) is 5.10 Å². The van der Waals surface area contributed by atoms with Crippen LogP contribution < -0.4 is 0 Å². The van der Waals surface area contributed by atoms with Crippen LogP contribution in [0, 0.1) is 13.8 Å². The highest BCUT2D eigenvalue weighted by molar-refractivity contribution is 5.63. The van der Waals surface area contributed by atoms with E-state index in [1.54, 1.807) is 0 Å². The topological polar surface area (TPSA) is 57.7 Å². The Morgan fingerprint density at radius 2 is 1.86 bits per heavy atom. The number of hydrogen-bond acceptors (Lipinski definition) is 4. The van der Waals surface area contributed by atoms with Crippen LogP contribution in [0.3, 0.4) is 0 Å². The van der Waals surface area contributed by atoms with E-state index in [9.17, 15) is 0 Å². The second kappa shape index (κ2) is 6.16. The van der Waals surface area contributed by atoms with Gasteiger partial charge in [0.15, 0.2) is 0 Å². The number of aryl methyl sites for hydroxylation is 2. The van der Waals surface area contributed by atoms with Crippen molar-refractivity contribution < 1.29 is 0 Å². The molecule has 1 fully saturated rings. The van der Waals surface area contributed by atoms with Crippen LogP contribution >= 0.6 is 0 Å². The average molecular weight is 299 g/mol. The summed E-state index contributed by atoms with van der Waals surface area (Å²) in [5.74, 6) is 0.545. The molecule has 0 aliphatic carbocycles. The summed E-state index contributed by atoms with van der Waals surface area (Å²) in [6.45, 7) is 10.9. The van der Waals surface area contributed by atoms with Crippen molar-refractivity contribution in [2.45, 2.75) is 52.5 Å². The number of aromatic amines is 1. The molecule has 3 rings (SSSR count). The van der Waals surface area contributed by atoms with Gasteiger partial charge >= 0.3 is 0 Å². The van der Waals surface area contributed by atoms with Gasteiger partial charge in [-0.15, -0.1) is 0 Å². The summed E-state index contributed by atoms with van der Waals surface area (Å²) < 4.78 is 0. The fraction of sp³-hybridized carbons (Fsp3) is 0.588. The molecule has 1 N–H and O–H groups in total. The number of nitrogens with zero attached hydrogens (tertiary/aromatic N) is 4. The third-order valence-electron chi connectivity index (χ3n) is 4.73. The van der Waals surface area contributed by atoms with Crippen molar-refractivity contribution >= 4 is 0 Å². The SMILES string of the molecule is Cc1n[nH]c(C)c1-c1cnc(C2CCN(C(C)C)CC2)cn1. The molecule has 5 heteroatoms. The standard InChI is InChI=1S/C17H25N5/c1-11(2)22-7-5-14(6-8-22)15-9-19-16(10-18-15)17-12(3)20-21-13(17)4/h9-11,14H,5-8H2,1-4H3,(H,20,21). The monoisotopic (exact) mass is 299 g/mol. The molecule has 1 aliphatic rings. The molecule has 22 heavy (non-hydrogen) atoms. The maximum Gasteiger partial charge on any atom is 0.0922 e. The molecule has 0 atom stereocenters. The number of aromatic nitrogens is 4. The van der Waals surface area contributed by atoms with Crippen LogP contribution in [0.15, 0.2) is 12.4 Å². The van der Waals surface area contributed by atoms with Gasteiger partial charge in [0.05, 0.1) is 23.3 Å². The predicted octanol–water partition coefficient (Wildman–Crippen LogP) is 3.07. The third-order valence-corrected chi connectivity index (χ3v) is 4.73. The van der Waals surface area contributed by atoms with Gasteiger partial charge in [0, 0.05) is 29.4 Å². The molecule has 0 saturated carbocycles. The van der Waals surface area contributed by atoms with E-state index in [1.807, 2.05) is 26.2 Å². The first kappa shape index (κ1) is 15.2. The van der Waals surface area contributed by atoms with Crippen LogP contribution in [-0.4, -0.2) is 44.2 Å². The van der Waals surface area contributed by atoms with Crippen LogP contribution in [0.2, 0.25) is 0 Å². The quantitative estimate of drug-likeness (QED) is 0.946. The van der Waals surface area contributed by atoms with Gasteiger partial charge in [-0.25, -0.2) is 0 Å². The summed E-state index contributed by atoms with van der Waals surface area (Å²) in [4.78, 5) is 11.9. The minimum atomic E-state index is 0.545. The second-order valence-electron chi connectivity index (χ2n) is 6.54. The fourth-order valence-electron chi connectivity index (χ4n) is 3.32. The molecular formula is C17H25N5. The van der Waals surface area contributed by atoms with Gasteiger partial charge in [-0.3, -0.25) is 15.1 Å². The molecule has 1 saturated heterocycles. The van der Waals surface area contributed by atoms with E-state index in [1.165, 1.54) is 12.8 Å². The van der Waals surface area contributed by atoms with E-state index >= 15 is 0 Å².